The maximum Gasteiger partial charge on any atom is 0.150 e. The van der Waals surface area contributed by atoms with Gasteiger partial charge in [-0.3, -0.25) is 4.98 Å². The lowest BCUT2D eigenvalue weighted by Gasteiger charge is -2.24. The summed E-state index contributed by atoms with van der Waals surface area (Å²) in [5, 5.41) is 9.20. The van der Waals surface area contributed by atoms with Gasteiger partial charge in [0.15, 0.2) is 0 Å². The molecule has 1 aliphatic rings. The summed E-state index contributed by atoms with van der Waals surface area (Å²) in [6, 6.07) is 0.227. The van der Waals surface area contributed by atoms with Crippen molar-refractivity contribution >= 4 is 5.82 Å². The van der Waals surface area contributed by atoms with Crippen molar-refractivity contribution in [3.8, 4) is 0 Å². The largest absolute Gasteiger partial charge is 0.394 e. The van der Waals surface area contributed by atoms with Crippen LogP contribution in [-0.4, -0.2) is 34.3 Å². The molecule has 4 heteroatoms. The molecule has 0 aliphatic carbocycles. The minimum absolute atomic E-state index is 0.204. The van der Waals surface area contributed by atoms with Gasteiger partial charge in [0, 0.05) is 18.9 Å². The van der Waals surface area contributed by atoms with Gasteiger partial charge in [-0.1, -0.05) is 0 Å². The highest BCUT2D eigenvalue weighted by Crippen LogP contribution is 2.24. The first kappa shape index (κ1) is 9.40. The fraction of sp³-hybridized carbons (Fsp3) is 0.600. The van der Waals surface area contributed by atoms with Crippen LogP contribution in [0.5, 0.6) is 0 Å². The predicted molar refractivity (Wildman–Crippen MR) is 54.2 cm³/mol. The van der Waals surface area contributed by atoms with Crippen LogP contribution in [0.4, 0.5) is 5.82 Å². The zero-order valence-electron chi connectivity index (χ0n) is 8.35. The molecule has 1 unspecified atom stereocenters. The van der Waals surface area contributed by atoms with Gasteiger partial charge in [-0.15, -0.1) is 0 Å². The molecule has 1 N–H and O–H groups in total. The molecular formula is C10H15N3O. The van der Waals surface area contributed by atoms with Crippen LogP contribution < -0.4 is 4.90 Å². The topological polar surface area (TPSA) is 49.2 Å². The summed E-state index contributed by atoms with van der Waals surface area (Å²) in [6.45, 7) is 3.13. The van der Waals surface area contributed by atoms with Crippen molar-refractivity contribution in [3.05, 3.63) is 18.1 Å². The molecule has 1 aromatic heterocycles. The van der Waals surface area contributed by atoms with Crippen LogP contribution >= 0.6 is 0 Å². The van der Waals surface area contributed by atoms with E-state index in [2.05, 4.69) is 14.9 Å². The number of hydrogen-bond acceptors (Lipinski definition) is 4. The van der Waals surface area contributed by atoms with Gasteiger partial charge in [-0.05, 0) is 19.8 Å². The third-order valence-electron chi connectivity index (χ3n) is 2.72. The van der Waals surface area contributed by atoms with Crippen LogP contribution in [0.1, 0.15) is 18.5 Å². The van der Waals surface area contributed by atoms with E-state index in [4.69, 9.17) is 0 Å². The smallest absolute Gasteiger partial charge is 0.150 e. The maximum absolute atomic E-state index is 9.20. The van der Waals surface area contributed by atoms with Crippen LogP contribution in [0.15, 0.2) is 12.4 Å². The molecule has 0 radical (unpaired) electrons. The molecule has 1 fully saturated rings. The van der Waals surface area contributed by atoms with E-state index in [1.165, 1.54) is 0 Å². The Labute approximate surface area is 83.6 Å². The van der Waals surface area contributed by atoms with E-state index in [0.717, 1.165) is 30.9 Å². The van der Waals surface area contributed by atoms with Crippen LogP contribution in [0.2, 0.25) is 0 Å². The van der Waals surface area contributed by atoms with Crippen LogP contribution in [0, 0.1) is 6.92 Å². The second kappa shape index (κ2) is 3.92. The van der Waals surface area contributed by atoms with Crippen molar-refractivity contribution < 1.29 is 5.11 Å². The molecule has 0 aromatic carbocycles. The molecule has 14 heavy (non-hydrogen) atoms. The molecule has 1 aromatic rings. The third-order valence-corrected chi connectivity index (χ3v) is 2.72. The first-order valence-electron chi connectivity index (χ1n) is 4.98. The van der Waals surface area contributed by atoms with Crippen LogP contribution in [0.25, 0.3) is 0 Å². The van der Waals surface area contributed by atoms with Crippen molar-refractivity contribution in [1.29, 1.82) is 0 Å². The molecule has 76 valence electrons. The maximum atomic E-state index is 9.20. The van der Waals surface area contributed by atoms with Gasteiger partial charge in [-0.25, -0.2) is 4.98 Å². The number of aryl methyl sites for hydroxylation is 1. The van der Waals surface area contributed by atoms with E-state index in [0.29, 0.717) is 0 Å². The summed E-state index contributed by atoms with van der Waals surface area (Å²) in [5.74, 6) is 0.920. The molecule has 0 spiro atoms. The average molecular weight is 193 g/mol. The number of aliphatic hydroxyl groups excluding tert-OH is 1. The minimum atomic E-state index is 0.204. The Balaban J connectivity index is 2.26. The summed E-state index contributed by atoms with van der Waals surface area (Å²) in [7, 11) is 0. The summed E-state index contributed by atoms with van der Waals surface area (Å²) < 4.78 is 0. The fourth-order valence-electron chi connectivity index (χ4n) is 1.99. The molecule has 1 atom stereocenters. The van der Waals surface area contributed by atoms with Gasteiger partial charge >= 0.3 is 0 Å². The predicted octanol–water partition coefficient (Wildman–Crippen LogP) is 0.746. The van der Waals surface area contributed by atoms with E-state index >= 15 is 0 Å². The van der Waals surface area contributed by atoms with E-state index < -0.39 is 0 Å². The van der Waals surface area contributed by atoms with Crippen molar-refractivity contribution in [3.63, 3.8) is 0 Å². The minimum Gasteiger partial charge on any atom is -0.394 e. The Hall–Kier alpha value is -1.16. The fourth-order valence-corrected chi connectivity index (χ4v) is 1.99. The monoisotopic (exact) mass is 193 g/mol. The molecule has 4 nitrogen and oxygen atoms in total. The van der Waals surface area contributed by atoms with Crippen LogP contribution in [-0.2, 0) is 0 Å². The molecule has 0 bridgehead atoms. The summed E-state index contributed by atoms with van der Waals surface area (Å²) in [5.41, 5.74) is 0.938. The second-order valence-corrected chi connectivity index (χ2v) is 3.64. The zero-order chi connectivity index (χ0) is 9.97. The lowest BCUT2D eigenvalue weighted by atomic mass is 10.2. The molecule has 1 aliphatic heterocycles. The summed E-state index contributed by atoms with van der Waals surface area (Å²) in [6.07, 6.45) is 5.58. The Morgan fingerprint density at radius 3 is 3.00 bits per heavy atom. The normalized spacial score (nSPS) is 21.6. The summed E-state index contributed by atoms with van der Waals surface area (Å²) >= 11 is 0. The molecule has 0 amide bonds. The highest BCUT2D eigenvalue weighted by Gasteiger charge is 2.25. The lowest BCUT2D eigenvalue weighted by Crippen LogP contribution is -2.33. The Kier molecular flexibility index (Phi) is 2.63. The van der Waals surface area contributed by atoms with E-state index in [9.17, 15) is 5.11 Å². The number of hydrogen-bond donors (Lipinski definition) is 1. The number of nitrogens with zero attached hydrogens (tertiary/aromatic N) is 3. The Morgan fingerprint density at radius 1 is 1.50 bits per heavy atom. The second-order valence-electron chi connectivity index (χ2n) is 3.64. The van der Waals surface area contributed by atoms with Gasteiger partial charge in [-0.2, -0.15) is 0 Å². The SMILES string of the molecule is Cc1nccnc1N1CCCC1CO. The highest BCUT2D eigenvalue weighted by molar-refractivity contribution is 5.44. The first-order chi connectivity index (χ1) is 6.83. The number of aliphatic hydroxyl groups is 1. The van der Waals surface area contributed by atoms with Crippen molar-refractivity contribution in [2.45, 2.75) is 25.8 Å². The first-order valence-corrected chi connectivity index (χ1v) is 4.98. The van der Waals surface area contributed by atoms with E-state index in [-0.39, 0.29) is 12.6 Å². The lowest BCUT2D eigenvalue weighted by molar-refractivity contribution is 0.266. The quantitative estimate of drug-likeness (QED) is 0.753. The summed E-state index contributed by atoms with van der Waals surface area (Å²) in [4.78, 5) is 10.7. The molecular weight excluding hydrogens is 178 g/mol. The third kappa shape index (κ3) is 1.57. The molecule has 2 rings (SSSR count). The van der Waals surface area contributed by atoms with Gasteiger partial charge in [0.2, 0.25) is 0 Å². The number of anilines is 1. The van der Waals surface area contributed by atoms with Gasteiger partial charge in [0.1, 0.15) is 5.82 Å². The van der Waals surface area contributed by atoms with Gasteiger partial charge in [0.05, 0.1) is 18.3 Å². The molecule has 2 heterocycles. The number of rotatable bonds is 2. The Bertz CT molecular complexity index is 316. The van der Waals surface area contributed by atoms with Gasteiger partial charge < -0.3 is 10.0 Å². The highest BCUT2D eigenvalue weighted by atomic mass is 16.3. The average Bonchev–Trinajstić information content (AvgIpc) is 2.66. The van der Waals surface area contributed by atoms with E-state index in [1.807, 2.05) is 6.92 Å². The van der Waals surface area contributed by atoms with Crippen molar-refractivity contribution in [2.24, 2.45) is 0 Å². The van der Waals surface area contributed by atoms with Gasteiger partial charge in [0.25, 0.3) is 0 Å². The molecule has 1 saturated heterocycles. The Morgan fingerprint density at radius 2 is 2.29 bits per heavy atom. The van der Waals surface area contributed by atoms with Crippen LogP contribution in [0.3, 0.4) is 0 Å². The molecule has 0 saturated carbocycles. The zero-order valence-corrected chi connectivity index (χ0v) is 8.35. The van der Waals surface area contributed by atoms with E-state index in [1.54, 1.807) is 12.4 Å². The van der Waals surface area contributed by atoms with Crippen molar-refractivity contribution in [1.82, 2.24) is 9.97 Å². The standard InChI is InChI=1S/C10H15N3O/c1-8-10(12-5-4-11-8)13-6-2-3-9(13)7-14/h4-5,9,14H,2-3,6-7H2,1H3. The number of aromatic nitrogens is 2. The van der Waals surface area contributed by atoms with Crippen molar-refractivity contribution in [2.75, 3.05) is 18.1 Å².